The summed E-state index contributed by atoms with van der Waals surface area (Å²) in [5, 5.41) is 0.623. The first-order chi connectivity index (χ1) is 14.6. The Balaban J connectivity index is 1.30. The maximum Gasteiger partial charge on any atom is 0.227 e. The van der Waals surface area contributed by atoms with Gasteiger partial charge in [0.1, 0.15) is 24.4 Å². The van der Waals surface area contributed by atoms with E-state index in [2.05, 4.69) is 9.80 Å². The first-order valence-corrected chi connectivity index (χ1v) is 10.2. The highest BCUT2D eigenvalue weighted by molar-refractivity contribution is 6.30. The van der Waals surface area contributed by atoms with E-state index in [1.165, 1.54) is 24.5 Å². The molecule has 5 nitrogen and oxygen atoms in total. The third-order valence-corrected chi connectivity index (χ3v) is 5.31. The van der Waals surface area contributed by atoms with E-state index in [0.29, 0.717) is 17.3 Å². The van der Waals surface area contributed by atoms with E-state index in [1.807, 2.05) is 12.1 Å². The molecule has 30 heavy (non-hydrogen) atoms. The average Bonchev–Trinajstić information content (AvgIpc) is 2.74. The molecule has 0 unspecified atom stereocenters. The minimum Gasteiger partial charge on any atom is -0.482 e. The molecule has 0 atom stereocenters. The van der Waals surface area contributed by atoms with E-state index in [9.17, 15) is 9.18 Å². The fourth-order valence-electron chi connectivity index (χ4n) is 3.45. The van der Waals surface area contributed by atoms with Crippen molar-refractivity contribution in [1.82, 2.24) is 4.90 Å². The van der Waals surface area contributed by atoms with Crippen molar-refractivity contribution in [3.8, 4) is 5.75 Å². The van der Waals surface area contributed by atoms with E-state index in [0.717, 1.165) is 37.4 Å². The topological polar surface area (TPSA) is 45.9 Å². The van der Waals surface area contributed by atoms with Gasteiger partial charge >= 0.3 is 0 Å². The van der Waals surface area contributed by atoms with Crippen molar-refractivity contribution >= 4 is 17.3 Å². The lowest BCUT2D eigenvalue weighted by Crippen LogP contribution is -2.46. The van der Waals surface area contributed by atoms with E-state index in [-0.39, 0.29) is 23.6 Å². The fraction of sp³-hybridized carbons (Fsp3) is 0.261. The van der Waals surface area contributed by atoms with E-state index >= 15 is 0 Å². The molecule has 7 heteroatoms. The van der Waals surface area contributed by atoms with Crippen LogP contribution in [0.4, 0.5) is 10.1 Å². The van der Waals surface area contributed by atoms with Gasteiger partial charge in [-0.05, 0) is 42.0 Å². The molecular formula is C23H22ClFN2O3. The van der Waals surface area contributed by atoms with Crippen molar-refractivity contribution in [2.75, 3.05) is 31.1 Å². The van der Waals surface area contributed by atoms with Crippen LogP contribution in [0.25, 0.3) is 0 Å². The molecular weight excluding hydrogens is 407 g/mol. The zero-order chi connectivity index (χ0) is 20.9. The molecule has 4 rings (SSSR count). The molecule has 0 aliphatic carbocycles. The summed E-state index contributed by atoms with van der Waals surface area (Å²) in [6.45, 7) is 4.12. The summed E-state index contributed by atoms with van der Waals surface area (Å²) in [7, 11) is 0. The summed E-state index contributed by atoms with van der Waals surface area (Å²) >= 11 is 5.96. The van der Waals surface area contributed by atoms with Gasteiger partial charge in [0.2, 0.25) is 11.2 Å². The molecule has 2 heterocycles. The Morgan fingerprint density at radius 1 is 1.03 bits per heavy atom. The third kappa shape index (κ3) is 5.20. The first-order valence-electron chi connectivity index (χ1n) is 9.79. The molecule has 0 saturated carbocycles. The fourth-order valence-corrected chi connectivity index (χ4v) is 3.66. The van der Waals surface area contributed by atoms with Gasteiger partial charge in [-0.1, -0.05) is 23.7 Å². The highest BCUT2D eigenvalue weighted by Crippen LogP contribution is 2.18. The quantitative estimate of drug-likeness (QED) is 0.584. The zero-order valence-electron chi connectivity index (χ0n) is 16.4. The largest absolute Gasteiger partial charge is 0.482 e. The molecule has 0 spiro atoms. The molecule has 1 saturated heterocycles. The molecule has 156 valence electrons. The summed E-state index contributed by atoms with van der Waals surface area (Å²) in [6, 6.07) is 15.3. The Kier molecular flexibility index (Phi) is 6.35. The monoisotopic (exact) mass is 428 g/mol. The number of piperazine rings is 1. The van der Waals surface area contributed by atoms with Gasteiger partial charge in [-0.25, -0.2) is 4.39 Å². The lowest BCUT2D eigenvalue weighted by atomic mass is 10.2. The van der Waals surface area contributed by atoms with Crippen LogP contribution in [0, 0.1) is 5.82 Å². The second kappa shape index (κ2) is 9.32. The summed E-state index contributed by atoms with van der Waals surface area (Å²) < 4.78 is 24.3. The Morgan fingerprint density at radius 3 is 2.50 bits per heavy atom. The van der Waals surface area contributed by atoms with Crippen LogP contribution in [0.2, 0.25) is 5.02 Å². The Labute approximate surface area is 179 Å². The van der Waals surface area contributed by atoms with E-state index in [1.54, 1.807) is 24.3 Å². The highest BCUT2D eigenvalue weighted by atomic mass is 35.5. The van der Waals surface area contributed by atoms with E-state index in [4.69, 9.17) is 20.8 Å². The van der Waals surface area contributed by atoms with Gasteiger partial charge in [0.25, 0.3) is 0 Å². The van der Waals surface area contributed by atoms with Crippen LogP contribution in [0.3, 0.4) is 0 Å². The molecule has 0 bridgehead atoms. The molecule has 1 aromatic heterocycles. The maximum atomic E-state index is 13.1. The Hall–Kier alpha value is -2.83. The van der Waals surface area contributed by atoms with Crippen molar-refractivity contribution in [2.45, 2.75) is 13.2 Å². The van der Waals surface area contributed by atoms with Crippen molar-refractivity contribution in [3.63, 3.8) is 0 Å². The smallest absolute Gasteiger partial charge is 0.227 e. The predicted octanol–water partition coefficient (Wildman–Crippen LogP) is 4.33. The molecule has 2 aromatic carbocycles. The van der Waals surface area contributed by atoms with Gasteiger partial charge in [0.15, 0.2) is 0 Å². The zero-order valence-corrected chi connectivity index (χ0v) is 17.1. The second-order valence-electron chi connectivity index (χ2n) is 7.23. The number of nitrogens with zero attached hydrogens (tertiary/aromatic N) is 2. The van der Waals surface area contributed by atoms with Gasteiger partial charge < -0.3 is 14.1 Å². The van der Waals surface area contributed by atoms with Gasteiger partial charge in [0, 0.05) is 43.0 Å². The van der Waals surface area contributed by atoms with Crippen LogP contribution in [-0.2, 0) is 13.2 Å². The minimum atomic E-state index is -0.229. The standard InChI is InChI=1S/C23H22ClFN2O3/c24-18-3-1-2-17(12-18)15-30-23-16-29-21(13-22(23)28)14-26-8-10-27(11-9-26)20-6-4-19(25)5-7-20/h1-7,12-13,16H,8-11,14-15H2. The summed E-state index contributed by atoms with van der Waals surface area (Å²) in [5.74, 6) is 0.553. The first kappa shape index (κ1) is 20.4. The second-order valence-corrected chi connectivity index (χ2v) is 7.67. The number of rotatable bonds is 6. The van der Waals surface area contributed by atoms with Crippen LogP contribution in [-0.4, -0.2) is 31.1 Å². The van der Waals surface area contributed by atoms with Crippen molar-refractivity contribution in [3.05, 3.63) is 93.2 Å². The molecule has 0 amide bonds. The SMILES string of the molecule is O=c1cc(CN2CCN(c3ccc(F)cc3)CC2)occ1OCc1cccc(Cl)c1. The number of anilines is 1. The molecule has 1 fully saturated rings. The van der Waals surface area contributed by atoms with Crippen LogP contribution in [0.1, 0.15) is 11.3 Å². The molecule has 3 aromatic rings. The van der Waals surface area contributed by atoms with Gasteiger partial charge in [-0.2, -0.15) is 0 Å². The highest BCUT2D eigenvalue weighted by Gasteiger charge is 2.18. The number of hydrogen-bond donors (Lipinski definition) is 0. The summed E-state index contributed by atoms with van der Waals surface area (Å²) in [6.07, 6.45) is 1.37. The lowest BCUT2D eigenvalue weighted by molar-refractivity contribution is 0.224. The third-order valence-electron chi connectivity index (χ3n) is 5.08. The molecule has 1 aliphatic rings. The number of hydrogen-bond acceptors (Lipinski definition) is 5. The average molecular weight is 429 g/mol. The molecule has 0 radical (unpaired) electrons. The van der Waals surface area contributed by atoms with Crippen LogP contribution < -0.4 is 15.1 Å². The van der Waals surface area contributed by atoms with Crippen molar-refractivity contribution in [2.24, 2.45) is 0 Å². The van der Waals surface area contributed by atoms with Crippen molar-refractivity contribution in [1.29, 1.82) is 0 Å². The predicted molar refractivity (Wildman–Crippen MR) is 115 cm³/mol. The summed E-state index contributed by atoms with van der Waals surface area (Å²) in [5.41, 5.74) is 1.69. The lowest BCUT2D eigenvalue weighted by Gasteiger charge is -2.35. The maximum absolute atomic E-state index is 13.1. The van der Waals surface area contributed by atoms with E-state index < -0.39 is 0 Å². The number of benzene rings is 2. The molecule has 1 aliphatic heterocycles. The van der Waals surface area contributed by atoms with Gasteiger partial charge in [-0.3, -0.25) is 9.69 Å². The molecule has 0 N–H and O–H groups in total. The van der Waals surface area contributed by atoms with Crippen molar-refractivity contribution < 1.29 is 13.5 Å². The Bertz CT molecular complexity index is 1050. The minimum absolute atomic E-state index is 0.180. The van der Waals surface area contributed by atoms with Crippen LogP contribution in [0.15, 0.2) is 70.1 Å². The Morgan fingerprint density at radius 2 is 1.80 bits per heavy atom. The number of halogens is 2. The summed E-state index contributed by atoms with van der Waals surface area (Å²) in [4.78, 5) is 16.8. The number of ether oxygens (including phenoxy) is 1. The van der Waals surface area contributed by atoms with Crippen LogP contribution >= 0.6 is 11.6 Å². The van der Waals surface area contributed by atoms with Crippen LogP contribution in [0.5, 0.6) is 5.75 Å². The van der Waals surface area contributed by atoms with Gasteiger partial charge in [-0.15, -0.1) is 0 Å². The normalized spacial score (nSPS) is 14.7. The van der Waals surface area contributed by atoms with Gasteiger partial charge in [0.05, 0.1) is 6.54 Å².